The molecule has 3 rings (SSSR count). The third kappa shape index (κ3) is 2.86. The maximum absolute atomic E-state index is 12.8. The van der Waals surface area contributed by atoms with E-state index in [1.807, 2.05) is 0 Å². The van der Waals surface area contributed by atoms with Gasteiger partial charge >= 0.3 is 0 Å². The molecular formula is C14H16FN3OS. The molecule has 0 bridgehead atoms. The van der Waals surface area contributed by atoms with E-state index < -0.39 is 5.54 Å². The molecule has 1 aromatic heterocycles. The lowest BCUT2D eigenvalue weighted by Crippen LogP contribution is -2.34. The number of halogens is 1. The van der Waals surface area contributed by atoms with Gasteiger partial charge in [0.2, 0.25) is 5.89 Å². The highest BCUT2D eigenvalue weighted by Gasteiger charge is 2.35. The highest BCUT2D eigenvalue weighted by atomic mass is 32.2. The monoisotopic (exact) mass is 293 g/mol. The Balaban J connectivity index is 1.64. The van der Waals surface area contributed by atoms with Crippen molar-refractivity contribution < 1.29 is 8.91 Å². The van der Waals surface area contributed by atoms with E-state index in [2.05, 4.69) is 10.1 Å². The van der Waals surface area contributed by atoms with Crippen molar-refractivity contribution in [3.8, 4) is 0 Å². The van der Waals surface area contributed by atoms with Crippen molar-refractivity contribution in [3.63, 3.8) is 0 Å². The van der Waals surface area contributed by atoms with E-state index in [1.165, 1.54) is 23.9 Å². The average Bonchev–Trinajstić information content (AvgIpc) is 3.08. The average molecular weight is 293 g/mol. The Bertz CT molecular complexity index is 578. The van der Waals surface area contributed by atoms with Gasteiger partial charge in [0.25, 0.3) is 0 Å². The van der Waals surface area contributed by atoms with E-state index in [0.717, 1.165) is 30.6 Å². The van der Waals surface area contributed by atoms with Crippen LogP contribution in [0.25, 0.3) is 0 Å². The van der Waals surface area contributed by atoms with Gasteiger partial charge in [-0.2, -0.15) is 4.98 Å². The molecule has 0 radical (unpaired) electrons. The molecule has 0 saturated heterocycles. The van der Waals surface area contributed by atoms with Gasteiger partial charge in [0.15, 0.2) is 5.82 Å². The molecule has 0 atom stereocenters. The second-order valence-electron chi connectivity index (χ2n) is 5.12. The maximum Gasteiger partial charge on any atom is 0.237 e. The Morgan fingerprint density at radius 1 is 1.25 bits per heavy atom. The summed E-state index contributed by atoms with van der Waals surface area (Å²) < 4.78 is 18.1. The Kier molecular flexibility index (Phi) is 3.76. The van der Waals surface area contributed by atoms with Crippen LogP contribution in [0, 0.1) is 5.82 Å². The number of hydrogen-bond acceptors (Lipinski definition) is 5. The normalized spacial score (nSPS) is 17.5. The first kappa shape index (κ1) is 13.6. The molecule has 106 valence electrons. The summed E-state index contributed by atoms with van der Waals surface area (Å²) in [6.07, 6.45) is 4.06. The van der Waals surface area contributed by atoms with Crippen LogP contribution in [0.4, 0.5) is 4.39 Å². The zero-order valence-electron chi connectivity index (χ0n) is 11.0. The number of thioether (sulfide) groups is 1. The zero-order chi connectivity index (χ0) is 14.0. The quantitative estimate of drug-likeness (QED) is 0.877. The van der Waals surface area contributed by atoms with Crippen LogP contribution in [0.1, 0.15) is 37.4 Å². The van der Waals surface area contributed by atoms with Gasteiger partial charge in [-0.15, -0.1) is 11.8 Å². The second-order valence-corrected chi connectivity index (χ2v) is 6.17. The molecule has 20 heavy (non-hydrogen) atoms. The highest BCUT2D eigenvalue weighted by molar-refractivity contribution is 7.98. The molecule has 4 nitrogen and oxygen atoms in total. The lowest BCUT2D eigenvalue weighted by molar-refractivity contribution is 0.355. The fourth-order valence-electron chi connectivity index (χ4n) is 2.42. The van der Waals surface area contributed by atoms with Crippen LogP contribution in [-0.4, -0.2) is 10.1 Å². The second kappa shape index (κ2) is 5.54. The van der Waals surface area contributed by atoms with E-state index in [-0.39, 0.29) is 5.82 Å². The first-order valence-electron chi connectivity index (χ1n) is 6.66. The maximum atomic E-state index is 12.8. The number of aromatic nitrogens is 2. The summed E-state index contributed by atoms with van der Waals surface area (Å²) in [4.78, 5) is 5.37. The van der Waals surface area contributed by atoms with Crippen molar-refractivity contribution in [1.82, 2.24) is 10.1 Å². The van der Waals surface area contributed by atoms with Gasteiger partial charge < -0.3 is 10.3 Å². The van der Waals surface area contributed by atoms with Gasteiger partial charge in [-0.25, -0.2) is 4.39 Å². The summed E-state index contributed by atoms with van der Waals surface area (Å²) in [5, 5.41) is 4.01. The number of benzene rings is 1. The fraction of sp³-hybridized carbons (Fsp3) is 0.429. The van der Waals surface area contributed by atoms with Crippen molar-refractivity contribution in [3.05, 3.63) is 41.8 Å². The van der Waals surface area contributed by atoms with Crippen LogP contribution < -0.4 is 5.73 Å². The molecule has 0 aliphatic heterocycles. The molecule has 0 spiro atoms. The number of nitrogens with two attached hydrogens (primary N) is 1. The lowest BCUT2D eigenvalue weighted by Gasteiger charge is -2.17. The molecule has 0 unspecified atom stereocenters. The molecule has 1 aliphatic carbocycles. The lowest BCUT2D eigenvalue weighted by atomic mass is 9.99. The fourth-order valence-corrected chi connectivity index (χ4v) is 3.16. The van der Waals surface area contributed by atoms with Gasteiger partial charge in [0.1, 0.15) is 5.82 Å². The molecule has 1 heterocycles. The Hall–Kier alpha value is -1.40. The molecule has 6 heteroatoms. The minimum absolute atomic E-state index is 0.235. The van der Waals surface area contributed by atoms with Gasteiger partial charge in [-0.05, 0) is 37.1 Å². The van der Waals surface area contributed by atoms with E-state index >= 15 is 0 Å². The summed E-state index contributed by atoms with van der Waals surface area (Å²) in [6.45, 7) is 0. The van der Waals surface area contributed by atoms with Crippen LogP contribution in [0.2, 0.25) is 0 Å². The minimum Gasteiger partial charge on any atom is -0.338 e. The number of hydrogen-bond donors (Lipinski definition) is 1. The van der Waals surface area contributed by atoms with Crippen molar-refractivity contribution in [2.24, 2.45) is 5.73 Å². The topological polar surface area (TPSA) is 64.9 Å². The van der Waals surface area contributed by atoms with E-state index in [4.69, 9.17) is 10.3 Å². The third-order valence-electron chi connectivity index (χ3n) is 3.59. The van der Waals surface area contributed by atoms with Crippen LogP contribution in [0.3, 0.4) is 0 Å². The van der Waals surface area contributed by atoms with Crippen LogP contribution in [0.5, 0.6) is 0 Å². The predicted molar refractivity (Wildman–Crippen MR) is 74.6 cm³/mol. The molecular weight excluding hydrogens is 277 g/mol. The van der Waals surface area contributed by atoms with E-state index in [0.29, 0.717) is 17.5 Å². The molecule has 1 aromatic carbocycles. The number of rotatable bonds is 4. The van der Waals surface area contributed by atoms with Crippen molar-refractivity contribution >= 4 is 11.8 Å². The molecule has 0 amide bonds. The molecule has 1 saturated carbocycles. The summed E-state index contributed by atoms with van der Waals surface area (Å²) in [6, 6.07) is 6.35. The minimum atomic E-state index is -0.414. The van der Waals surface area contributed by atoms with Crippen LogP contribution in [-0.2, 0) is 11.3 Å². The van der Waals surface area contributed by atoms with Crippen LogP contribution in [0.15, 0.2) is 33.7 Å². The Morgan fingerprint density at radius 2 is 1.95 bits per heavy atom. The third-order valence-corrected chi connectivity index (χ3v) is 4.58. The van der Waals surface area contributed by atoms with Crippen molar-refractivity contribution in [1.29, 1.82) is 0 Å². The summed E-state index contributed by atoms with van der Waals surface area (Å²) in [5.74, 6) is 1.51. The van der Waals surface area contributed by atoms with Crippen molar-refractivity contribution in [2.45, 2.75) is 41.9 Å². The molecule has 1 fully saturated rings. The molecule has 2 N–H and O–H groups in total. The number of nitrogens with zero attached hydrogens (tertiary/aromatic N) is 2. The largest absolute Gasteiger partial charge is 0.338 e. The predicted octanol–water partition coefficient (Wildman–Crippen LogP) is 3.23. The SMILES string of the molecule is NC1(c2noc(CSc3ccc(F)cc3)n2)CCCC1. The zero-order valence-corrected chi connectivity index (χ0v) is 11.8. The standard InChI is InChI=1S/C14H16FN3OS/c15-10-3-5-11(6-4-10)20-9-12-17-13(18-19-12)14(16)7-1-2-8-14/h3-6H,1-2,7-9,16H2. The van der Waals surface area contributed by atoms with E-state index in [1.54, 1.807) is 12.1 Å². The summed E-state index contributed by atoms with van der Waals surface area (Å²) in [7, 11) is 0. The highest BCUT2D eigenvalue weighted by Crippen LogP contribution is 2.35. The molecule has 1 aliphatic rings. The van der Waals surface area contributed by atoms with Gasteiger partial charge in [0, 0.05) is 4.90 Å². The Labute approximate surface area is 120 Å². The van der Waals surface area contributed by atoms with Gasteiger partial charge in [-0.1, -0.05) is 18.0 Å². The Morgan fingerprint density at radius 3 is 2.65 bits per heavy atom. The first-order chi connectivity index (χ1) is 9.66. The van der Waals surface area contributed by atoms with Gasteiger partial charge in [0.05, 0.1) is 11.3 Å². The summed E-state index contributed by atoms with van der Waals surface area (Å²) >= 11 is 1.53. The first-order valence-corrected chi connectivity index (χ1v) is 7.65. The van der Waals surface area contributed by atoms with Crippen LogP contribution >= 0.6 is 11.8 Å². The van der Waals surface area contributed by atoms with E-state index in [9.17, 15) is 4.39 Å². The van der Waals surface area contributed by atoms with Gasteiger partial charge in [-0.3, -0.25) is 0 Å². The summed E-state index contributed by atoms with van der Waals surface area (Å²) in [5.41, 5.74) is 5.87. The smallest absolute Gasteiger partial charge is 0.237 e. The molecule has 2 aromatic rings. The van der Waals surface area contributed by atoms with Crippen molar-refractivity contribution in [2.75, 3.05) is 0 Å².